The summed E-state index contributed by atoms with van der Waals surface area (Å²) in [6.45, 7) is 1.89. The second kappa shape index (κ2) is 7.17. The molecule has 0 aliphatic rings. The fourth-order valence-electron chi connectivity index (χ4n) is 2.06. The maximum Gasteiger partial charge on any atom is 0.326 e. The quantitative estimate of drug-likeness (QED) is 0.824. The van der Waals surface area contributed by atoms with Gasteiger partial charge in [0.15, 0.2) is 0 Å². The summed E-state index contributed by atoms with van der Waals surface area (Å²) in [5.74, 6) is -1.22. The van der Waals surface area contributed by atoms with Crippen molar-refractivity contribution in [1.29, 1.82) is 0 Å². The molecule has 0 saturated carbocycles. The number of thiazole rings is 1. The van der Waals surface area contributed by atoms with Gasteiger partial charge in [-0.3, -0.25) is 4.79 Å². The number of carbonyl (C=O) groups is 2. The summed E-state index contributed by atoms with van der Waals surface area (Å²) in [6, 6.07) is 7.04. The SMILES string of the molecule is CCCC(NC(=O)CCc1nc2ccccc2s1)C(=O)O. The van der Waals surface area contributed by atoms with Crippen molar-refractivity contribution < 1.29 is 14.7 Å². The number of rotatable bonds is 7. The third-order valence-corrected chi connectivity index (χ3v) is 4.21. The van der Waals surface area contributed by atoms with Gasteiger partial charge in [0, 0.05) is 12.8 Å². The zero-order chi connectivity index (χ0) is 15.2. The van der Waals surface area contributed by atoms with Crippen molar-refractivity contribution >= 4 is 33.4 Å². The van der Waals surface area contributed by atoms with Crippen LogP contribution >= 0.6 is 11.3 Å². The molecule has 1 aromatic heterocycles. The van der Waals surface area contributed by atoms with Gasteiger partial charge >= 0.3 is 5.97 Å². The van der Waals surface area contributed by atoms with Crippen molar-refractivity contribution in [2.75, 3.05) is 0 Å². The highest BCUT2D eigenvalue weighted by Gasteiger charge is 2.18. The topological polar surface area (TPSA) is 79.3 Å². The summed E-state index contributed by atoms with van der Waals surface area (Å²) in [5.41, 5.74) is 0.937. The van der Waals surface area contributed by atoms with Crippen LogP contribution in [0.2, 0.25) is 0 Å². The van der Waals surface area contributed by atoms with Crippen LogP contribution in [0.25, 0.3) is 10.2 Å². The predicted octanol–water partition coefficient (Wildman–Crippen LogP) is 2.60. The first kappa shape index (κ1) is 15.4. The monoisotopic (exact) mass is 306 g/mol. The number of amides is 1. The van der Waals surface area contributed by atoms with Gasteiger partial charge in [0.25, 0.3) is 0 Å². The molecule has 1 aromatic carbocycles. The third kappa shape index (κ3) is 4.26. The van der Waals surface area contributed by atoms with Gasteiger partial charge in [-0.2, -0.15) is 0 Å². The van der Waals surface area contributed by atoms with E-state index in [4.69, 9.17) is 5.11 Å². The lowest BCUT2D eigenvalue weighted by Crippen LogP contribution is -2.40. The normalized spacial score (nSPS) is 12.2. The molecule has 21 heavy (non-hydrogen) atoms. The van der Waals surface area contributed by atoms with Crippen molar-refractivity contribution in [3.63, 3.8) is 0 Å². The molecule has 1 amide bonds. The number of hydrogen-bond donors (Lipinski definition) is 2. The molecule has 0 radical (unpaired) electrons. The van der Waals surface area contributed by atoms with E-state index in [-0.39, 0.29) is 12.3 Å². The van der Waals surface area contributed by atoms with Gasteiger partial charge in [0.2, 0.25) is 5.91 Å². The molecular formula is C15H18N2O3S. The Morgan fingerprint density at radius 3 is 2.81 bits per heavy atom. The number of carbonyl (C=O) groups excluding carboxylic acids is 1. The van der Waals surface area contributed by atoms with Gasteiger partial charge < -0.3 is 10.4 Å². The van der Waals surface area contributed by atoms with E-state index in [1.54, 1.807) is 11.3 Å². The second-order valence-corrected chi connectivity index (χ2v) is 5.94. The molecule has 2 N–H and O–H groups in total. The highest BCUT2D eigenvalue weighted by molar-refractivity contribution is 7.18. The number of hydrogen-bond acceptors (Lipinski definition) is 4. The molecule has 0 spiro atoms. The van der Waals surface area contributed by atoms with Crippen LogP contribution in [0.15, 0.2) is 24.3 Å². The lowest BCUT2D eigenvalue weighted by atomic mass is 10.1. The summed E-state index contributed by atoms with van der Waals surface area (Å²) in [6.07, 6.45) is 1.95. The molecule has 6 heteroatoms. The zero-order valence-corrected chi connectivity index (χ0v) is 12.7. The predicted molar refractivity (Wildman–Crippen MR) is 82.4 cm³/mol. The maximum atomic E-state index is 11.8. The number of fused-ring (bicyclic) bond motifs is 1. The first-order chi connectivity index (χ1) is 10.1. The lowest BCUT2D eigenvalue weighted by Gasteiger charge is -2.12. The molecule has 5 nitrogen and oxygen atoms in total. The van der Waals surface area contributed by atoms with Gasteiger partial charge in [-0.15, -0.1) is 11.3 Å². The molecule has 0 fully saturated rings. The number of carboxylic acid groups (broad SMARTS) is 1. The average molecular weight is 306 g/mol. The maximum absolute atomic E-state index is 11.8. The van der Waals surface area contributed by atoms with Crippen molar-refractivity contribution in [2.24, 2.45) is 0 Å². The Hall–Kier alpha value is -1.95. The minimum atomic E-state index is -0.981. The average Bonchev–Trinajstić information content (AvgIpc) is 2.87. The highest BCUT2D eigenvalue weighted by Crippen LogP contribution is 2.22. The molecule has 2 aromatic rings. The molecule has 0 saturated heterocycles. The van der Waals surface area contributed by atoms with Crippen LogP contribution in [0, 0.1) is 0 Å². The molecule has 0 aliphatic heterocycles. The van der Waals surface area contributed by atoms with Crippen molar-refractivity contribution in [2.45, 2.75) is 38.6 Å². The Morgan fingerprint density at radius 1 is 1.38 bits per heavy atom. The molecule has 1 unspecified atom stereocenters. The summed E-state index contributed by atoms with van der Waals surface area (Å²) in [5, 5.41) is 12.5. The summed E-state index contributed by atoms with van der Waals surface area (Å²) < 4.78 is 1.10. The Labute approximate surface area is 127 Å². The Bertz CT molecular complexity index is 606. The number of nitrogens with zero attached hydrogens (tertiary/aromatic N) is 1. The van der Waals surface area contributed by atoms with Crippen LogP contribution in [0.1, 0.15) is 31.2 Å². The van der Waals surface area contributed by atoms with Crippen LogP contribution in [-0.2, 0) is 16.0 Å². The van der Waals surface area contributed by atoms with Crippen molar-refractivity contribution in [3.05, 3.63) is 29.3 Å². The number of benzene rings is 1. The summed E-state index contributed by atoms with van der Waals surface area (Å²) in [4.78, 5) is 27.3. The van der Waals surface area contributed by atoms with Gasteiger partial charge in [0.05, 0.1) is 15.2 Å². The van der Waals surface area contributed by atoms with Crippen molar-refractivity contribution in [3.8, 4) is 0 Å². The number of carboxylic acids is 1. The minimum absolute atomic E-state index is 0.241. The van der Waals surface area contributed by atoms with E-state index < -0.39 is 12.0 Å². The fourth-order valence-corrected chi connectivity index (χ4v) is 3.03. The van der Waals surface area contributed by atoms with E-state index in [2.05, 4.69) is 10.3 Å². The number of aliphatic carboxylic acids is 1. The van der Waals surface area contributed by atoms with E-state index in [0.717, 1.165) is 21.6 Å². The largest absolute Gasteiger partial charge is 0.480 e. The summed E-state index contributed by atoms with van der Waals surface area (Å²) in [7, 11) is 0. The second-order valence-electron chi connectivity index (χ2n) is 4.82. The lowest BCUT2D eigenvalue weighted by molar-refractivity contribution is -0.142. The number of aromatic nitrogens is 1. The number of para-hydroxylation sites is 1. The summed E-state index contributed by atoms with van der Waals surface area (Å²) >= 11 is 1.57. The molecule has 0 bridgehead atoms. The van der Waals surface area contributed by atoms with Crippen LogP contribution in [0.3, 0.4) is 0 Å². The van der Waals surface area contributed by atoms with E-state index in [9.17, 15) is 9.59 Å². The highest BCUT2D eigenvalue weighted by atomic mass is 32.1. The molecular weight excluding hydrogens is 288 g/mol. The smallest absolute Gasteiger partial charge is 0.326 e. The minimum Gasteiger partial charge on any atom is -0.480 e. The van der Waals surface area contributed by atoms with E-state index >= 15 is 0 Å². The van der Waals surface area contributed by atoms with Crippen LogP contribution < -0.4 is 5.32 Å². The Balaban J connectivity index is 1.89. The Morgan fingerprint density at radius 2 is 2.14 bits per heavy atom. The van der Waals surface area contributed by atoms with Crippen LogP contribution in [-0.4, -0.2) is 28.0 Å². The molecule has 112 valence electrons. The standard InChI is InChI=1S/C15H18N2O3S/c1-2-5-11(15(19)20)16-13(18)8-9-14-17-10-6-3-4-7-12(10)21-14/h3-4,6-7,11H,2,5,8-9H2,1H3,(H,16,18)(H,19,20). The van der Waals surface area contributed by atoms with E-state index in [1.807, 2.05) is 31.2 Å². The molecule has 1 atom stereocenters. The third-order valence-electron chi connectivity index (χ3n) is 3.11. The molecule has 1 heterocycles. The fraction of sp³-hybridized carbons (Fsp3) is 0.400. The Kier molecular flexibility index (Phi) is 5.27. The van der Waals surface area contributed by atoms with E-state index in [1.165, 1.54) is 0 Å². The molecule has 0 aliphatic carbocycles. The first-order valence-corrected chi connectivity index (χ1v) is 7.78. The van der Waals surface area contributed by atoms with Gasteiger partial charge in [-0.05, 0) is 18.6 Å². The molecule has 2 rings (SSSR count). The van der Waals surface area contributed by atoms with Gasteiger partial charge in [-0.25, -0.2) is 9.78 Å². The first-order valence-electron chi connectivity index (χ1n) is 6.96. The number of aryl methyl sites for hydroxylation is 1. The van der Waals surface area contributed by atoms with E-state index in [0.29, 0.717) is 12.8 Å². The van der Waals surface area contributed by atoms with Crippen LogP contribution in [0.5, 0.6) is 0 Å². The van der Waals surface area contributed by atoms with Gasteiger partial charge in [-0.1, -0.05) is 25.5 Å². The van der Waals surface area contributed by atoms with Crippen molar-refractivity contribution in [1.82, 2.24) is 10.3 Å². The zero-order valence-electron chi connectivity index (χ0n) is 11.8. The van der Waals surface area contributed by atoms with Gasteiger partial charge in [0.1, 0.15) is 6.04 Å². The van der Waals surface area contributed by atoms with Crippen LogP contribution in [0.4, 0.5) is 0 Å². The number of nitrogens with one attached hydrogen (secondary N) is 1.